The third kappa shape index (κ3) is 3.45. The van der Waals surface area contributed by atoms with E-state index in [1.165, 1.54) is 0 Å². The van der Waals surface area contributed by atoms with Crippen molar-refractivity contribution in [2.45, 2.75) is 39.2 Å². The molecule has 0 saturated carbocycles. The van der Waals surface area contributed by atoms with Crippen LogP contribution >= 0.6 is 0 Å². The second-order valence-electron chi connectivity index (χ2n) is 4.34. The first-order valence-corrected chi connectivity index (χ1v) is 6.04. The Morgan fingerprint density at radius 2 is 1.88 bits per heavy atom. The van der Waals surface area contributed by atoms with Gasteiger partial charge in [0.25, 0.3) is 0 Å². The summed E-state index contributed by atoms with van der Waals surface area (Å²) in [5, 5.41) is 18.8. The van der Waals surface area contributed by atoms with Crippen LogP contribution in [0.25, 0.3) is 0 Å². The molecule has 0 radical (unpaired) electrons. The number of hydrogen-bond acceptors (Lipinski definition) is 3. The molecule has 0 fully saturated rings. The highest BCUT2D eigenvalue weighted by atomic mass is 16.5. The Morgan fingerprint density at radius 1 is 1.18 bits per heavy atom. The van der Waals surface area contributed by atoms with E-state index in [1.807, 2.05) is 26.0 Å². The van der Waals surface area contributed by atoms with Gasteiger partial charge in [0.15, 0.2) is 0 Å². The molecule has 0 aliphatic heterocycles. The van der Waals surface area contributed by atoms with Crippen LogP contribution in [0.4, 0.5) is 0 Å². The lowest BCUT2D eigenvalue weighted by molar-refractivity contribution is 0.158. The van der Waals surface area contributed by atoms with E-state index >= 15 is 0 Å². The van der Waals surface area contributed by atoms with Crippen molar-refractivity contribution in [3.8, 4) is 5.75 Å². The lowest BCUT2D eigenvalue weighted by Gasteiger charge is -2.17. The number of benzene rings is 1. The van der Waals surface area contributed by atoms with Crippen molar-refractivity contribution < 1.29 is 14.9 Å². The molecule has 0 heterocycles. The molecule has 0 saturated heterocycles. The molecular formula is C14H22O3. The van der Waals surface area contributed by atoms with E-state index in [9.17, 15) is 5.11 Å². The third-order valence-electron chi connectivity index (χ3n) is 3.24. The van der Waals surface area contributed by atoms with Gasteiger partial charge in [0.2, 0.25) is 0 Å². The molecule has 1 atom stereocenters. The van der Waals surface area contributed by atoms with Gasteiger partial charge in [0, 0.05) is 6.61 Å². The highest BCUT2D eigenvalue weighted by molar-refractivity contribution is 5.44. The fourth-order valence-electron chi connectivity index (χ4n) is 2.00. The second-order valence-corrected chi connectivity index (χ2v) is 4.34. The Hall–Kier alpha value is -1.06. The molecule has 1 rings (SSSR count). The molecule has 0 bridgehead atoms. The minimum atomic E-state index is -0.453. The minimum Gasteiger partial charge on any atom is -0.496 e. The quantitative estimate of drug-likeness (QED) is 0.749. The first-order valence-electron chi connectivity index (χ1n) is 6.04. The summed E-state index contributed by atoms with van der Waals surface area (Å²) >= 11 is 0. The Labute approximate surface area is 103 Å². The first kappa shape index (κ1) is 14.0. The van der Waals surface area contributed by atoms with Gasteiger partial charge < -0.3 is 14.9 Å². The van der Waals surface area contributed by atoms with Crippen molar-refractivity contribution in [1.82, 2.24) is 0 Å². The highest BCUT2D eigenvalue weighted by Crippen LogP contribution is 2.29. The maximum Gasteiger partial charge on any atom is 0.122 e. The zero-order valence-electron chi connectivity index (χ0n) is 10.9. The fraction of sp³-hybridized carbons (Fsp3) is 0.571. The minimum absolute atomic E-state index is 0.188. The molecule has 96 valence electrons. The number of aliphatic hydroxyl groups excluding tert-OH is 2. The zero-order valence-corrected chi connectivity index (χ0v) is 10.9. The van der Waals surface area contributed by atoms with Crippen LogP contribution < -0.4 is 4.74 Å². The van der Waals surface area contributed by atoms with Crippen molar-refractivity contribution in [1.29, 1.82) is 0 Å². The van der Waals surface area contributed by atoms with Crippen LogP contribution in [0.3, 0.4) is 0 Å². The summed E-state index contributed by atoms with van der Waals surface area (Å²) in [6.07, 6.45) is 1.81. The van der Waals surface area contributed by atoms with E-state index in [-0.39, 0.29) is 6.61 Å². The van der Waals surface area contributed by atoms with E-state index in [1.54, 1.807) is 7.11 Å². The molecule has 0 spiro atoms. The summed E-state index contributed by atoms with van der Waals surface area (Å²) in [7, 11) is 1.65. The third-order valence-corrected chi connectivity index (χ3v) is 3.24. The van der Waals surface area contributed by atoms with Crippen LogP contribution in [0.1, 0.15) is 42.1 Å². The molecule has 0 amide bonds. The van der Waals surface area contributed by atoms with Gasteiger partial charge in [0.1, 0.15) is 5.75 Å². The standard InChI is InChI=1S/C14H22O3/c1-10-11(2)14(17-3)8-7-12(10)13(16)6-4-5-9-15/h7-8,13,15-16H,4-6,9H2,1-3H3. The number of methoxy groups -OCH3 is 1. The van der Waals surface area contributed by atoms with Crippen molar-refractivity contribution in [3.05, 3.63) is 28.8 Å². The maximum atomic E-state index is 10.1. The summed E-state index contributed by atoms with van der Waals surface area (Å²) in [4.78, 5) is 0. The lowest BCUT2D eigenvalue weighted by Crippen LogP contribution is -2.03. The van der Waals surface area contributed by atoms with Gasteiger partial charge in [-0.15, -0.1) is 0 Å². The van der Waals surface area contributed by atoms with Crippen molar-refractivity contribution in [2.75, 3.05) is 13.7 Å². The van der Waals surface area contributed by atoms with E-state index in [2.05, 4.69) is 0 Å². The van der Waals surface area contributed by atoms with Gasteiger partial charge in [-0.05, 0) is 55.9 Å². The van der Waals surface area contributed by atoms with Crippen LogP contribution in [-0.4, -0.2) is 23.9 Å². The van der Waals surface area contributed by atoms with Crippen LogP contribution in [0, 0.1) is 13.8 Å². The summed E-state index contributed by atoms with van der Waals surface area (Å²) in [6, 6.07) is 3.82. The van der Waals surface area contributed by atoms with Gasteiger partial charge in [-0.25, -0.2) is 0 Å². The van der Waals surface area contributed by atoms with Crippen LogP contribution in [0.2, 0.25) is 0 Å². The molecule has 1 aromatic rings. The monoisotopic (exact) mass is 238 g/mol. The molecule has 2 N–H and O–H groups in total. The molecule has 17 heavy (non-hydrogen) atoms. The van der Waals surface area contributed by atoms with Crippen molar-refractivity contribution >= 4 is 0 Å². The van der Waals surface area contributed by atoms with Gasteiger partial charge in [-0.1, -0.05) is 6.07 Å². The number of unbranched alkanes of at least 4 members (excludes halogenated alkanes) is 1. The summed E-state index contributed by atoms with van der Waals surface area (Å²) in [6.45, 7) is 4.19. The predicted molar refractivity (Wildman–Crippen MR) is 68.4 cm³/mol. The summed E-state index contributed by atoms with van der Waals surface area (Å²) < 4.78 is 5.24. The molecule has 0 aliphatic carbocycles. The van der Waals surface area contributed by atoms with E-state index in [0.29, 0.717) is 6.42 Å². The number of aliphatic hydroxyl groups is 2. The lowest BCUT2D eigenvalue weighted by atomic mass is 9.95. The zero-order chi connectivity index (χ0) is 12.8. The van der Waals surface area contributed by atoms with E-state index in [4.69, 9.17) is 9.84 Å². The maximum absolute atomic E-state index is 10.1. The Kier molecular flexibility index (Phi) is 5.45. The number of ether oxygens (including phenoxy) is 1. The molecule has 1 aromatic carbocycles. The van der Waals surface area contributed by atoms with E-state index in [0.717, 1.165) is 35.3 Å². The van der Waals surface area contributed by atoms with E-state index < -0.39 is 6.10 Å². The number of hydrogen-bond donors (Lipinski definition) is 2. The average molecular weight is 238 g/mol. The van der Waals surface area contributed by atoms with Gasteiger partial charge >= 0.3 is 0 Å². The summed E-state index contributed by atoms with van der Waals surface area (Å²) in [5.41, 5.74) is 3.12. The number of rotatable bonds is 6. The van der Waals surface area contributed by atoms with Crippen LogP contribution in [-0.2, 0) is 0 Å². The van der Waals surface area contributed by atoms with Gasteiger partial charge in [-0.3, -0.25) is 0 Å². The highest BCUT2D eigenvalue weighted by Gasteiger charge is 2.13. The summed E-state index contributed by atoms with van der Waals surface area (Å²) in [5.74, 6) is 0.855. The topological polar surface area (TPSA) is 49.7 Å². The average Bonchev–Trinajstić information content (AvgIpc) is 2.32. The molecular weight excluding hydrogens is 216 g/mol. The predicted octanol–water partition coefficient (Wildman–Crippen LogP) is 2.51. The van der Waals surface area contributed by atoms with Crippen molar-refractivity contribution in [2.24, 2.45) is 0 Å². The Balaban J connectivity index is 2.80. The normalized spacial score (nSPS) is 12.5. The Bertz CT molecular complexity index is 361. The first-order chi connectivity index (χ1) is 8.11. The SMILES string of the molecule is COc1ccc(C(O)CCCCO)c(C)c1C. The molecule has 0 aliphatic rings. The fourth-order valence-corrected chi connectivity index (χ4v) is 2.00. The largest absolute Gasteiger partial charge is 0.496 e. The molecule has 3 heteroatoms. The van der Waals surface area contributed by atoms with Gasteiger partial charge in [0.05, 0.1) is 13.2 Å². The Morgan fingerprint density at radius 3 is 2.47 bits per heavy atom. The molecule has 0 aromatic heterocycles. The molecule has 1 unspecified atom stereocenters. The van der Waals surface area contributed by atoms with Crippen LogP contribution in [0.5, 0.6) is 5.75 Å². The van der Waals surface area contributed by atoms with Gasteiger partial charge in [-0.2, -0.15) is 0 Å². The molecule has 3 nitrogen and oxygen atoms in total. The smallest absolute Gasteiger partial charge is 0.122 e. The van der Waals surface area contributed by atoms with Crippen LogP contribution in [0.15, 0.2) is 12.1 Å². The second kappa shape index (κ2) is 6.62. The van der Waals surface area contributed by atoms with Crippen molar-refractivity contribution in [3.63, 3.8) is 0 Å².